The Labute approximate surface area is 271 Å². The predicted octanol–water partition coefficient (Wildman–Crippen LogP) is 7.93. The Morgan fingerprint density at radius 2 is 0.521 bits per heavy atom. The highest BCUT2D eigenvalue weighted by molar-refractivity contribution is 6.32. The van der Waals surface area contributed by atoms with Crippen LogP contribution >= 0.6 is 23.2 Å². The van der Waals surface area contributed by atoms with Crippen LogP contribution < -0.4 is 18.9 Å². The van der Waals surface area contributed by atoms with E-state index >= 15 is 0 Å². The Morgan fingerprint density at radius 1 is 0.333 bits per heavy atom. The fraction of sp³-hybridized carbons (Fsp3) is 0. The number of nitrogens with zero attached hydrogens (tertiary/aromatic N) is 6. The van der Waals surface area contributed by atoms with E-state index in [0.717, 1.165) is 0 Å². The molecule has 24 heteroatoms. The molecule has 1 heterocycles. The molecule has 0 atom stereocenters. The zero-order valence-electron chi connectivity index (χ0n) is 22.6. The first-order valence-electron chi connectivity index (χ1n) is 12.2. The van der Waals surface area contributed by atoms with Crippen molar-refractivity contribution in [2.75, 3.05) is 0 Å². The molecule has 5 rings (SSSR count). The number of hydrogen-bond donors (Lipinski definition) is 0. The fourth-order valence-electron chi connectivity index (χ4n) is 4.10. The topological polar surface area (TPSA) is 296 Å². The summed E-state index contributed by atoms with van der Waals surface area (Å²) in [5.41, 5.74) is -6.25. The van der Waals surface area contributed by atoms with Gasteiger partial charge in [-0.25, -0.2) is 0 Å². The van der Waals surface area contributed by atoms with Crippen LogP contribution in [0.15, 0.2) is 48.5 Å². The molecule has 244 valence electrons. The van der Waals surface area contributed by atoms with E-state index in [2.05, 4.69) is 0 Å². The minimum atomic E-state index is -1.15. The highest BCUT2D eigenvalue weighted by atomic mass is 35.5. The molecule has 1 aliphatic rings. The maximum atomic E-state index is 11.9. The first-order chi connectivity index (χ1) is 22.5. The Kier molecular flexibility index (Phi) is 8.18. The van der Waals surface area contributed by atoms with E-state index in [4.69, 9.17) is 42.1 Å². The molecule has 0 aliphatic carbocycles. The Hall–Kier alpha value is -6.94. The third-order valence-corrected chi connectivity index (χ3v) is 6.76. The molecule has 0 radical (unpaired) electrons. The molecule has 0 unspecified atom stereocenters. The molecule has 0 fully saturated rings. The van der Waals surface area contributed by atoms with E-state index in [0.29, 0.717) is 48.5 Å². The molecule has 48 heavy (non-hydrogen) atoms. The first-order valence-corrected chi connectivity index (χ1v) is 12.9. The summed E-state index contributed by atoms with van der Waals surface area (Å²) in [6.07, 6.45) is 0. The van der Waals surface area contributed by atoms with Gasteiger partial charge in [0.2, 0.25) is 34.5 Å². The minimum absolute atomic E-state index is 0.337. The molecule has 22 nitrogen and oxygen atoms in total. The number of hydrogen-bond acceptors (Lipinski definition) is 16. The lowest BCUT2D eigenvalue weighted by Crippen LogP contribution is -2.03. The van der Waals surface area contributed by atoms with Crippen LogP contribution in [0.2, 0.25) is 10.0 Å². The van der Waals surface area contributed by atoms with E-state index in [1.807, 2.05) is 0 Å². The lowest BCUT2D eigenvalue weighted by Gasteiger charge is -2.15. The van der Waals surface area contributed by atoms with E-state index in [-0.39, 0.29) is 0 Å². The Morgan fingerprint density at radius 3 is 0.750 bits per heavy atom. The van der Waals surface area contributed by atoms with Crippen LogP contribution in [-0.4, -0.2) is 29.5 Å². The monoisotopic (exact) mass is 706 g/mol. The summed E-state index contributed by atoms with van der Waals surface area (Å²) >= 11 is 12.3. The van der Waals surface area contributed by atoms with Gasteiger partial charge in [0, 0.05) is 36.4 Å². The third kappa shape index (κ3) is 6.01. The van der Waals surface area contributed by atoms with Crippen molar-refractivity contribution in [3.63, 3.8) is 0 Å². The summed E-state index contributed by atoms with van der Waals surface area (Å²) in [6.45, 7) is 0. The van der Waals surface area contributed by atoms with Crippen molar-refractivity contribution in [1.82, 2.24) is 0 Å². The van der Waals surface area contributed by atoms with Gasteiger partial charge in [0.1, 0.15) is 12.1 Å². The standard InChI is InChI=1S/C24H8Cl2N6O16/c25-9-1-11(27(33)34)19-5-17(9)45-21-7-22(14(30(39)40)3-13(21)29(37)38)46-18-6-20(12(28(35)36)2-10(18)26)48-24-8-23(47-19)15(31(41)42)4-16(24)32(43)44/h1-8H. The second kappa shape index (κ2) is 12.1. The van der Waals surface area contributed by atoms with E-state index in [1.165, 1.54) is 0 Å². The van der Waals surface area contributed by atoms with Crippen molar-refractivity contribution >= 4 is 57.3 Å². The molecular formula is C24H8Cl2N6O16. The van der Waals surface area contributed by atoms with Gasteiger partial charge in [-0.3, -0.25) is 60.7 Å². The smallest absolute Gasteiger partial charge is 0.318 e. The number of halogens is 2. The Balaban J connectivity index is 1.91. The summed E-state index contributed by atoms with van der Waals surface area (Å²) in [4.78, 5) is 64.7. The van der Waals surface area contributed by atoms with Gasteiger partial charge in [-0.05, 0) is 0 Å². The zero-order chi connectivity index (χ0) is 35.2. The Bertz CT molecular complexity index is 2020. The molecule has 1 aliphatic heterocycles. The van der Waals surface area contributed by atoms with Gasteiger partial charge in [-0.2, -0.15) is 0 Å². The summed E-state index contributed by atoms with van der Waals surface area (Å²) in [7, 11) is 0. The number of nitro benzene ring substituents is 6. The molecular weight excluding hydrogens is 699 g/mol. The van der Waals surface area contributed by atoms with Crippen LogP contribution in [0.1, 0.15) is 0 Å². The summed E-state index contributed by atoms with van der Waals surface area (Å²) in [6, 6.07) is 4.53. The number of rotatable bonds is 6. The second-order valence-corrected chi connectivity index (χ2v) is 9.84. The van der Waals surface area contributed by atoms with Gasteiger partial charge < -0.3 is 18.9 Å². The molecule has 0 saturated carbocycles. The van der Waals surface area contributed by atoms with E-state index in [9.17, 15) is 60.7 Å². The van der Waals surface area contributed by atoms with Crippen LogP contribution in [0.5, 0.6) is 46.0 Å². The molecule has 0 saturated heterocycles. The molecule has 0 amide bonds. The molecule has 4 aromatic rings. The maximum absolute atomic E-state index is 11.9. The fourth-order valence-corrected chi connectivity index (χ4v) is 4.50. The average molecular weight is 707 g/mol. The quantitative estimate of drug-likeness (QED) is 0.119. The summed E-state index contributed by atoms with van der Waals surface area (Å²) in [5.74, 6) is -6.43. The van der Waals surface area contributed by atoms with Crippen molar-refractivity contribution in [3.8, 4) is 46.0 Å². The maximum Gasteiger partial charge on any atom is 0.318 e. The van der Waals surface area contributed by atoms with Crippen LogP contribution in [0.25, 0.3) is 0 Å². The lowest BCUT2D eigenvalue weighted by molar-refractivity contribution is -0.395. The van der Waals surface area contributed by atoms with Gasteiger partial charge >= 0.3 is 34.1 Å². The molecule has 0 spiro atoms. The van der Waals surface area contributed by atoms with E-state index in [1.54, 1.807) is 0 Å². The van der Waals surface area contributed by atoms with Crippen LogP contribution in [0.4, 0.5) is 34.1 Å². The van der Waals surface area contributed by atoms with Crippen LogP contribution in [0, 0.1) is 60.7 Å². The van der Waals surface area contributed by atoms with Crippen molar-refractivity contribution in [3.05, 3.63) is 119 Å². The van der Waals surface area contributed by atoms with Gasteiger partial charge in [0.05, 0.1) is 39.6 Å². The number of fused-ring (bicyclic) bond motifs is 8. The number of benzene rings is 4. The summed E-state index contributed by atoms with van der Waals surface area (Å²) < 4.78 is 21.9. The van der Waals surface area contributed by atoms with Gasteiger partial charge in [0.25, 0.3) is 0 Å². The first kappa shape index (κ1) is 32.5. The predicted molar refractivity (Wildman–Crippen MR) is 156 cm³/mol. The molecule has 0 N–H and O–H groups in total. The highest BCUT2D eigenvalue weighted by Crippen LogP contribution is 2.51. The van der Waals surface area contributed by atoms with Crippen molar-refractivity contribution in [1.29, 1.82) is 0 Å². The van der Waals surface area contributed by atoms with E-state index < -0.39 is 120 Å². The lowest BCUT2D eigenvalue weighted by atomic mass is 10.2. The summed E-state index contributed by atoms with van der Waals surface area (Å²) in [5, 5.41) is 70.1. The van der Waals surface area contributed by atoms with Gasteiger partial charge in [-0.15, -0.1) is 0 Å². The van der Waals surface area contributed by atoms with Crippen molar-refractivity contribution in [2.45, 2.75) is 0 Å². The minimum Gasteiger partial charge on any atom is -0.448 e. The number of nitro groups is 6. The van der Waals surface area contributed by atoms with Crippen LogP contribution in [0.3, 0.4) is 0 Å². The zero-order valence-corrected chi connectivity index (χ0v) is 24.1. The van der Waals surface area contributed by atoms with Crippen molar-refractivity contribution in [2.24, 2.45) is 0 Å². The third-order valence-electron chi connectivity index (χ3n) is 6.17. The normalized spacial score (nSPS) is 11.5. The molecule has 4 aromatic carbocycles. The molecule has 8 bridgehead atoms. The second-order valence-electron chi connectivity index (χ2n) is 9.03. The SMILES string of the molecule is O=[N+]([O-])c1cc([N+](=O)[O-])c2cc1Oc1cc(c([N+](=O)[O-])cc1Cl)Oc1cc(c([N+](=O)[O-])cc1[N+](=O)[O-])Oc1cc(c(Cl)cc1[N+](=O)[O-])O2. The number of ether oxygens (including phenoxy) is 4. The highest BCUT2D eigenvalue weighted by Gasteiger charge is 2.34. The largest absolute Gasteiger partial charge is 0.448 e. The van der Waals surface area contributed by atoms with Crippen LogP contribution in [-0.2, 0) is 0 Å². The van der Waals surface area contributed by atoms with Gasteiger partial charge in [-0.1, -0.05) is 23.2 Å². The van der Waals surface area contributed by atoms with Crippen molar-refractivity contribution < 1.29 is 48.5 Å². The molecule has 0 aromatic heterocycles. The average Bonchev–Trinajstić information content (AvgIpc) is 2.98. The van der Waals surface area contributed by atoms with Gasteiger partial charge in [0.15, 0.2) is 11.5 Å².